The van der Waals surface area contributed by atoms with Crippen molar-refractivity contribution in [2.45, 2.75) is 18.8 Å². The van der Waals surface area contributed by atoms with E-state index in [0.29, 0.717) is 17.2 Å². The molecule has 2 aromatic heterocycles. The number of nitrogen functional groups attached to an aromatic ring is 1. The molecule has 3 aromatic rings. The Balaban J connectivity index is 1.82. The minimum absolute atomic E-state index is 0.322. The Morgan fingerprint density at radius 3 is 2.55 bits per heavy atom. The number of fused-ring (bicyclic) bond motifs is 1. The predicted molar refractivity (Wildman–Crippen MR) is 77.0 cm³/mol. The molecule has 0 atom stereocenters. The molecule has 0 bridgehead atoms. The molecular weight excluding hydrogens is 253 g/mol. The quantitative estimate of drug-likeness (QED) is 0.771. The predicted octanol–water partition coefficient (Wildman–Crippen LogP) is 3.60. The Morgan fingerprint density at radius 2 is 1.85 bits per heavy atom. The number of halogens is 1. The Morgan fingerprint density at radius 1 is 1.10 bits per heavy atom. The van der Waals surface area contributed by atoms with Crippen molar-refractivity contribution in [3.05, 3.63) is 54.0 Å². The number of rotatable bonds is 2. The zero-order valence-electron chi connectivity index (χ0n) is 10.9. The van der Waals surface area contributed by atoms with Crippen LogP contribution in [0.5, 0.6) is 0 Å². The van der Waals surface area contributed by atoms with E-state index in [2.05, 4.69) is 17.1 Å². The summed E-state index contributed by atoms with van der Waals surface area (Å²) in [5, 5.41) is 0. The number of nitrogens with zero attached hydrogens (tertiary/aromatic N) is 2. The molecule has 3 nitrogen and oxygen atoms in total. The van der Waals surface area contributed by atoms with E-state index in [0.717, 1.165) is 11.5 Å². The number of nitrogens with two attached hydrogens (primary N) is 1. The van der Waals surface area contributed by atoms with Crippen LogP contribution >= 0.6 is 0 Å². The molecule has 0 amide bonds. The average molecular weight is 267 g/mol. The Hall–Kier alpha value is -2.36. The van der Waals surface area contributed by atoms with Gasteiger partial charge in [-0.05, 0) is 36.5 Å². The van der Waals surface area contributed by atoms with Crippen LogP contribution in [0.15, 0.2) is 42.6 Å². The SMILES string of the molecule is Nc1c(-c2ccc(C3CC3)cc2)nc2ccc(F)cn12. The lowest BCUT2D eigenvalue weighted by molar-refractivity contribution is 0.619. The second kappa shape index (κ2) is 4.07. The summed E-state index contributed by atoms with van der Waals surface area (Å²) < 4.78 is 14.9. The highest BCUT2D eigenvalue weighted by atomic mass is 19.1. The molecule has 0 saturated heterocycles. The standard InChI is InChI=1S/C16H14FN3/c17-13-7-8-14-19-15(16(18)20(14)9-13)12-5-3-11(4-6-12)10-1-2-10/h3-10H,1-2,18H2. The fraction of sp³-hybridized carbons (Fsp3) is 0.188. The van der Waals surface area contributed by atoms with Crippen molar-refractivity contribution in [3.63, 3.8) is 0 Å². The summed E-state index contributed by atoms with van der Waals surface area (Å²) in [5.41, 5.74) is 9.79. The average Bonchev–Trinajstić information content (AvgIpc) is 3.26. The molecule has 1 saturated carbocycles. The van der Waals surface area contributed by atoms with Crippen LogP contribution in [0.2, 0.25) is 0 Å². The molecule has 1 aromatic carbocycles. The molecule has 100 valence electrons. The third-order valence-corrected chi connectivity index (χ3v) is 3.85. The van der Waals surface area contributed by atoms with Gasteiger partial charge in [0.1, 0.15) is 23.0 Å². The first-order chi connectivity index (χ1) is 9.72. The van der Waals surface area contributed by atoms with Crippen molar-refractivity contribution >= 4 is 11.5 Å². The lowest BCUT2D eigenvalue weighted by atomic mass is 10.1. The molecule has 1 fully saturated rings. The summed E-state index contributed by atoms with van der Waals surface area (Å²) in [5.74, 6) is 0.882. The maximum atomic E-state index is 13.3. The van der Waals surface area contributed by atoms with Gasteiger partial charge in [-0.3, -0.25) is 4.40 Å². The minimum Gasteiger partial charge on any atom is -0.383 e. The fourth-order valence-corrected chi connectivity index (χ4v) is 2.58. The fourth-order valence-electron chi connectivity index (χ4n) is 2.58. The zero-order valence-corrected chi connectivity index (χ0v) is 10.9. The van der Waals surface area contributed by atoms with Crippen molar-refractivity contribution in [2.75, 3.05) is 5.73 Å². The molecule has 20 heavy (non-hydrogen) atoms. The summed E-state index contributed by atoms with van der Waals surface area (Å²) in [7, 11) is 0. The topological polar surface area (TPSA) is 43.3 Å². The van der Waals surface area contributed by atoms with Crippen molar-refractivity contribution in [3.8, 4) is 11.3 Å². The number of aromatic nitrogens is 2. The van der Waals surface area contributed by atoms with Crippen LogP contribution in [0, 0.1) is 5.82 Å². The highest BCUT2D eigenvalue weighted by Crippen LogP contribution is 2.40. The van der Waals surface area contributed by atoms with E-state index in [1.165, 1.54) is 30.7 Å². The maximum absolute atomic E-state index is 13.3. The van der Waals surface area contributed by atoms with E-state index < -0.39 is 0 Å². The largest absolute Gasteiger partial charge is 0.383 e. The molecule has 0 spiro atoms. The number of anilines is 1. The van der Waals surface area contributed by atoms with Gasteiger partial charge in [-0.25, -0.2) is 9.37 Å². The summed E-state index contributed by atoms with van der Waals surface area (Å²) in [6.07, 6.45) is 3.93. The summed E-state index contributed by atoms with van der Waals surface area (Å²) >= 11 is 0. The molecule has 1 aliphatic carbocycles. The monoisotopic (exact) mass is 267 g/mol. The molecule has 2 N–H and O–H groups in total. The molecular formula is C16H14FN3. The Labute approximate surface area is 115 Å². The molecule has 2 heterocycles. The van der Waals surface area contributed by atoms with E-state index >= 15 is 0 Å². The van der Waals surface area contributed by atoms with Crippen LogP contribution in [0.3, 0.4) is 0 Å². The number of imidazole rings is 1. The zero-order chi connectivity index (χ0) is 13.7. The summed E-state index contributed by atoms with van der Waals surface area (Å²) in [6.45, 7) is 0. The molecule has 4 heteroatoms. The van der Waals surface area contributed by atoms with E-state index in [1.807, 2.05) is 12.1 Å². The molecule has 1 aliphatic rings. The van der Waals surface area contributed by atoms with Crippen LogP contribution in [-0.4, -0.2) is 9.38 Å². The third kappa shape index (κ3) is 1.76. The van der Waals surface area contributed by atoms with E-state index in [1.54, 1.807) is 10.5 Å². The number of hydrogen-bond donors (Lipinski definition) is 1. The molecule has 0 radical (unpaired) electrons. The van der Waals surface area contributed by atoms with Crippen molar-refractivity contribution in [1.82, 2.24) is 9.38 Å². The highest BCUT2D eigenvalue weighted by Gasteiger charge is 2.23. The van der Waals surface area contributed by atoms with Crippen LogP contribution < -0.4 is 5.73 Å². The van der Waals surface area contributed by atoms with Gasteiger partial charge in [0.25, 0.3) is 0 Å². The van der Waals surface area contributed by atoms with Crippen LogP contribution in [0.4, 0.5) is 10.2 Å². The molecule has 4 rings (SSSR count). The van der Waals surface area contributed by atoms with Gasteiger partial charge in [0, 0.05) is 11.8 Å². The van der Waals surface area contributed by atoms with Crippen LogP contribution in [0.25, 0.3) is 16.9 Å². The number of benzene rings is 1. The summed E-state index contributed by atoms with van der Waals surface area (Å²) in [6, 6.07) is 11.4. The van der Waals surface area contributed by atoms with Gasteiger partial charge in [-0.15, -0.1) is 0 Å². The highest BCUT2D eigenvalue weighted by molar-refractivity contribution is 5.75. The first kappa shape index (κ1) is 11.5. The van der Waals surface area contributed by atoms with Gasteiger partial charge in [0.2, 0.25) is 0 Å². The smallest absolute Gasteiger partial charge is 0.140 e. The van der Waals surface area contributed by atoms with E-state index in [-0.39, 0.29) is 5.82 Å². The Kier molecular flexibility index (Phi) is 2.33. The number of hydrogen-bond acceptors (Lipinski definition) is 2. The van der Waals surface area contributed by atoms with Crippen LogP contribution in [-0.2, 0) is 0 Å². The van der Waals surface area contributed by atoms with E-state index in [9.17, 15) is 4.39 Å². The second-order valence-electron chi connectivity index (χ2n) is 5.32. The molecule has 0 aliphatic heterocycles. The van der Waals surface area contributed by atoms with Crippen molar-refractivity contribution < 1.29 is 4.39 Å². The first-order valence-electron chi connectivity index (χ1n) is 6.76. The number of pyridine rings is 1. The molecule has 0 unspecified atom stereocenters. The second-order valence-corrected chi connectivity index (χ2v) is 5.32. The van der Waals surface area contributed by atoms with Gasteiger partial charge >= 0.3 is 0 Å². The van der Waals surface area contributed by atoms with Gasteiger partial charge < -0.3 is 5.73 Å². The lowest BCUT2D eigenvalue weighted by Gasteiger charge is -2.02. The normalized spacial score (nSPS) is 14.8. The first-order valence-corrected chi connectivity index (χ1v) is 6.76. The van der Waals surface area contributed by atoms with Gasteiger partial charge in [-0.2, -0.15) is 0 Å². The van der Waals surface area contributed by atoms with Crippen molar-refractivity contribution in [1.29, 1.82) is 0 Å². The van der Waals surface area contributed by atoms with Gasteiger partial charge in [-0.1, -0.05) is 24.3 Å². The Bertz CT molecular complexity index is 785. The van der Waals surface area contributed by atoms with Gasteiger partial charge in [0.05, 0.1) is 0 Å². The van der Waals surface area contributed by atoms with Gasteiger partial charge in [0.15, 0.2) is 0 Å². The maximum Gasteiger partial charge on any atom is 0.140 e. The lowest BCUT2D eigenvalue weighted by Crippen LogP contribution is -1.94. The summed E-state index contributed by atoms with van der Waals surface area (Å²) in [4.78, 5) is 4.49. The van der Waals surface area contributed by atoms with E-state index in [4.69, 9.17) is 5.73 Å². The minimum atomic E-state index is -0.322. The third-order valence-electron chi connectivity index (χ3n) is 3.85. The van der Waals surface area contributed by atoms with Crippen LogP contribution in [0.1, 0.15) is 24.3 Å². The van der Waals surface area contributed by atoms with Crippen molar-refractivity contribution in [2.24, 2.45) is 0 Å².